The molecule has 0 bridgehead atoms. The number of rotatable bonds is 6. The Hall–Kier alpha value is -5.02. The Morgan fingerprint density at radius 1 is 0.974 bits per heavy atom. The number of pyridine rings is 1. The molecule has 0 saturated carbocycles. The van der Waals surface area contributed by atoms with Gasteiger partial charge in [-0.2, -0.15) is 0 Å². The van der Waals surface area contributed by atoms with Gasteiger partial charge in [-0.15, -0.1) is 11.3 Å². The smallest absolute Gasteiger partial charge is 0.312 e. The van der Waals surface area contributed by atoms with Crippen LogP contribution in [0.3, 0.4) is 0 Å². The van der Waals surface area contributed by atoms with Crippen LogP contribution in [-0.4, -0.2) is 23.1 Å². The van der Waals surface area contributed by atoms with Gasteiger partial charge in [0.2, 0.25) is 5.69 Å². The molecule has 8 nitrogen and oxygen atoms in total. The molecular weight excluding hydrogens is 500 g/mol. The SMILES string of the molecule is COc1ccc(-[n+]2noc([O-])c2C(=O)c2sc3nc(-c4ccccc4)cc(-c4ccccc4)c3c2N)cc1. The molecule has 3 aromatic heterocycles. The molecule has 0 radical (unpaired) electrons. The van der Waals surface area contributed by atoms with Gasteiger partial charge in [-0.3, -0.25) is 4.79 Å². The van der Waals surface area contributed by atoms with E-state index < -0.39 is 11.7 Å². The van der Waals surface area contributed by atoms with Gasteiger partial charge in [-0.1, -0.05) is 60.7 Å². The highest BCUT2D eigenvalue weighted by molar-refractivity contribution is 7.21. The van der Waals surface area contributed by atoms with Crippen molar-refractivity contribution in [2.75, 3.05) is 12.8 Å². The molecule has 0 aliphatic carbocycles. The molecule has 0 spiro atoms. The monoisotopic (exact) mass is 520 g/mol. The van der Waals surface area contributed by atoms with Crippen LogP contribution in [0.4, 0.5) is 5.69 Å². The van der Waals surface area contributed by atoms with Gasteiger partial charge in [0.25, 0.3) is 5.78 Å². The van der Waals surface area contributed by atoms with Gasteiger partial charge in [0, 0.05) is 23.1 Å². The van der Waals surface area contributed by atoms with Crippen molar-refractivity contribution in [3.63, 3.8) is 0 Å². The van der Waals surface area contributed by atoms with E-state index in [1.807, 2.05) is 66.7 Å². The minimum absolute atomic E-state index is 0.192. The molecule has 0 atom stereocenters. The molecule has 0 aliphatic heterocycles. The number of thiophene rings is 1. The van der Waals surface area contributed by atoms with Gasteiger partial charge >= 0.3 is 5.69 Å². The number of nitrogen functional groups attached to an aromatic ring is 1. The molecule has 0 fully saturated rings. The number of nitrogens with zero attached hydrogens (tertiary/aromatic N) is 3. The predicted octanol–water partition coefficient (Wildman–Crippen LogP) is 4.79. The number of fused-ring (bicyclic) bond motifs is 1. The van der Waals surface area contributed by atoms with Crippen LogP contribution in [-0.2, 0) is 0 Å². The number of anilines is 1. The summed E-state index contributed by atoms with van der Waals surface area (Å²) in [5.41, 5.74) is 10.6. The Morgan fingerprint density at radius 2 is 1.63 bits per heavy atom. The summed E-state index contributed by atoms with van der Waals surface area (Å²) < 4.78 is 11.3. The highest BCUT2D eigenvalue weighted by Crippen LogP contribution is 2.42. The van der Waals surface area contributed by atoms with E-state index in [0.717, 1.165) is 33.7 Å². The summed E-state index contributed by atoms with van der Waals surface area (Å²) in [6.07, 6.45) is 0. The van der Waals surface area contributed by atoms with Crippen molar-refractivity contribution in [1.82, 2.24) is 10.3 Å². The Morgan fingerprint density at radius 3 is 2.29 bits per heavy atom. The molecular formula is C29H20N4O4S. The average molecular weight is 521 g/mol. The van der Waals surface area contributed by atoms with E-state index in [4.69, 9.17) is 20.0 Å². The molecule has 0 amide bonds. The van der Waals surface area contributed by atoms with Crippen molar-refractivity contribution < 1.29 is 23.8 Å². The second kappa shape index (κ2) is 9.45. The lowest BCUT2D eigenvalue weighted by atomic mass is 9.99. The number of benzene rings is 3. The van der Waals surface area contributed by atoms with E-state index in [2.05, 4.69) is 5.27 Å². The Kier molecular flexibility index (Phi) is 5.82. The minimum atomic E-state index is -0.858. The Balaban J connectivity index is 1.53. The quantitative estimate of drug-likeness (QED) is 0.248. The Bertz CT molecular complexity index is 1780. The lowest BCUT2D eigenvalue weighted by Crippen LogP contribution is -2.39. The molecule has 38 heavy (non-hydrogen) atoms. The third kappa shape index (κ3) is 3.95. The van der Waals surface area contributed by atoms with Crippen LogP contribution >= 0.6 is 11.3 Å². The van der Waals surface area contributed by atoms with E-state index in [-0.39, 0.29) is 16.3 Å². The van der Waals surface area contributed by atoms with Gasteiger partial charge in [0.05, 0.1) is 23.8 Å². The zero-order chi connectivity index (χ0) is 26.2. The highest BCUT2D eigenvalue weighted by atomic mass is 32.1. The van der Waals surface area contributed by atoms with Gasteiger partial charge in [-0.25, -0.2) is 4.98 Å². The minimum Gasteiger partial charge on any atom is -0.539 e. The predicted molar refractivity (Wildman–Crippen MR) is 142 cm³/mol. The third-order valence-corrected chi connectivity index (χ3v) is 7.30. The van der Waals surface area contributed by atoms with Crippen LogP contribution in [0.5, 0.6) is 11.7 Å². The fourth-order valence-corrected chi connectivity index (χ4v) is 5.40. The second-order valence-electron chi connectivity index (χ2n) is 8.46. The number of hydrogen-bond donors (Lipinski definition) is 1. The molecule has 0 aliphatic rings. The zero-order valence-corrected chi connectivity index (χ0v) is 20.9. The number of nitrogens with two attached hydrogens (primary N) is 1. The van der Waals surface area contributed by atoms with Crippen LogP contribution < -0.4 is 20.3 Å². The van der Waals surface area contributed by atoms with E-state index in [1.165, 1.54) is 4.68 Å². The fraction of sp³-hybridized carbons (Fsp3) is 0.0345. The van der Waals surface area contributed by atoms with E-state index in [0.29, 0.717) is 21.7 Å². The molecule has 2 N–H and O–H groups in total. The van der Waals surface area contributed by atoms with Crippen LogP contribution in [0.2, 0.25) is 0 Å². The molecule has 6 rings (SSSR count). The zero-order valence-electron chi connectivity index (χ0n) is 20.1. The van der Waals surface area contributed by atoms with Crippen LogP contribution in [0.1, 0.15) is 15.4 Å². The first-order valence-corrected chi connectivity index (χ1v) is 12.5. The number of ketones is 1. The van der Waals surface area contributed by atoms with E-state index in [9.17, 15) is 9.90 Å². The average Bonchev–Trinajstić information content (AvgIpc) is 3.52. The molecule has 186 valence electrons. The van der Waals surface area contributed by atoms with Crippen LogP contribution in [0.15, 0.2) is 95.5 Å². The maximum Gasteiger partial charge on any atom is 0.312 e. The van der Waals surface area contributed by atoms with Crippen molar-refractivity contribution in [2.45, 2.75) is 0 Å². The molecule has 3 heterocycles. The lowest BCUT2D eigenvalue weighted by molar-refractivity contribution is -0.672. The van der Waals surface area contributed by atoms with Gasteiger partial charge < -0.3 is 20.1 Å². The molecule has 3 aromatic carbocycles. The first-order valence-electron chi connectivity index (χ1n) is 11.7. The van der Waals surface area contributed by atoms with E-state index in [1.54, 1.807) is 31.4 Å². The summed E-state index contributed by atoms with van der Waals surface area (Å²) in [6.45, 7) is 0. The first kappa shape index (κ1) is 23.4. The van der Waals surface area contributed by atoms with Crippen molar-refractivity contribution in [2.24, 2.45) is 0 Å². The summed E-state index contributed by atoms with van der Waals surface area (Å²) >= 11 is 1.14. The number of carbonyl (C=O) groups is 1. The van der Waals surface area contributed by atoms with Gasteiger partial charge in [-0.05, 0) is 34.0 Å². The molecule has 0 unspecified atom stereocenters. The summed E-state index contributed by atoms with van der Waals surface area (Å²) in [6, 6.07) is 28.3. The number of methoxy groups -OCH3 is 1. The summed E-state index contributed by atoms with van der Waals surface area (Å²) in [4.78, 5) is 19.4. The number of hydrogen-bond acceptors (Lipinski definition) is 8. The van der Waals surface area contributed by atoms with Crippen LogP contribution in [0, 0.1) is 0 Å². The van der Waals surface area contributed by atoms with Crippen molar-refractivity contribution in [1.29, 1.82) is 0 Å². The van der Waals surface area contributed by atoms with Crippen molar-refractivity contribution >= 4 is 33.0 Å². The van der Waals surface area contributed by atoms with Gasteiger partial charge in [0.15, 0.2) is 5.95 Å². The number of carbonyl (C=O) groups excluding carboxylic acids is 1. The maximum atomic E-state index is 13.8. The maximum absolute atomic E-state index is 13.8. The summed E-state index contributed by atoms with van der Waals surface area (Å²) in [5, 5.41) is 17.1. The Labute approximate surface area is 221 Å². The first-order chi connectivity index (χ1) is 18.5. The highest BCUT2D eigenvalue weighted by Gasteiger charge is 2.33. The normalized spacial score (nSPS) is 11.1. The van der Waals surface area contributed by atoms with Crippen molar-refractivity contribution in [3.05, 3.63) is 102 Å². The molecule has 0 saturated heterocycles. The molecule has 9 heteroatoms. The third-order valence-electron chi connectivity index (χ3n) is 6.20. The van der Waals surface area contributed by atoms with Gasteiger partial charge in [0.1, 0.15) is 15.5 Å². The summed E-state index contributed by atoms with van der Waals surface area (Å²) in [5.74, 6) is -0.827. The number of ether oxygens (including phenoxy) is 1. The molecule has 6 aromatic rings. The lowest BCUT2D eigenvalue weighted by Gasteiger charge is -2.08. The van der Waals surface area contributed by atoms with Crippen LogP contribution in [0.25, 0.3) is 38.3 Å². The standard InChI is InChI=1S/C29H20N4O4S/c1-36-20-14-12-19(13-15-20)33-25(29(35)37-32-33)26(34)27-24(30)23-21(17-8-4-2-5-9-17)16-22(31-28(23)38-27)18-10-6-3-7-11-18/h2-16H,1H3,(H2-,30,32,34,35). The van der Waals surface area contributed by atoms with Crippen molar-refractivity contribution in [3.8, 4) is 39.8 Å². The second-order valence-corrected chi connectivity index (χ2v) is 9.46. The fourth-order valence-electron chi connectivity index (χ4n) is 4.34. The summed E-state index contributed by atoms with van der Waals surface area (Å²) in [7, 11) is 1.55. The van der Waals surface area contributed by atoms with E-state index >= 15 is 0 Å². The topological polar surface area (TPSA) is 118 Å². The largest absolute Gasteiger partial charge is 0.539 e. The number of aromatic nitrogens is 3.